The maximum Gasteiger partial charge on any atom is 0.106 e. The molecule has 1 aromatic heterocycles. The van der Waals surface area contributed by atoms with E-state index in [4.69, 9.17) is 0 Å². The molecule has 3 aromatic rings. The third-order valence-electron chi connectivity index (χ3n) is 3.39. The van der Waals surface area contributed by atoms with Crippen molar-refractivity contribution in [3.63, 3.8) is 0 Å². The lowest BCUT2D eigenvalue weighted by Crippen LogP contribution is -2.09. The van der Waals surface area contributed by atoms with Crippen LogP contribution in [-0.2, 0) is 6.54 Å². The summed E-state index contributed by atoms with van der Waals surface area (Å²) in [5, 5.41) is 10.3. The van der Waals surface area contributed by atoms with E-state index in [1.54, 1.807) is 0 Å². The summed E-state index contributed by atoms with van der Waals surface area (Å²) in [4.78, 5) is 4.51. The number of aliphatic hydroxyl groups is 1. The van der Waals surface area contributed by atoms with Crippen molar-refractivity contribution >= 4 is 11.0 Å². The third-order valence-corrected chi connectivity index (χ3v) is 3.39. The summed E-state index contributed by atoms with van der Waals surface area (Å²) in [5.74, 6) is 0.927. The van der Waals surface area contributed by atoms with Crippen molar-refractivity contribution < 1.29 is 5.11 Å². The van der Waals surface area contributed by atoms with Crippen molar-refractivity contribution in [1.29, 1.82) is 0 Å². The number of hydrogen-bond donors (Lipinski definition) is 1. The average Bonchev–Trinajstić information content (AvgIpc) is 2.76. The van der Waals surface area contributed by atoms with Gasteiger partial charge >= 0.3 is 0 Å². The molecule has 1 N–H and O–H groups in total. The zero-order chi connectivity index (χ0) is 13.2. The maximum atomic E-state index is 10.3. The summed E-state index contributed by atoms with van der Waals surface area (Å²) in [6.07, 6.45) is -0.516. The maximum absolute atomic E-state index is 10.3. The van der Waals surface area contributed by atoms with Crippen LogP contribution < -0.4 is 0 Å². The van der Waals surface area contributed by atoms with Gasteiger partial charge in [0.2, 0.25) is 0 Å². The largest absolute Gasteiger partial charge is 0.387 e. The number of nitrogens with zero attached hydrogens (tertiary/aromatic N) is 2. The second-order valence-corrected chi connectivity index (χ2v) is 4.68. The van der Waals surface area contributed by atoms with E-state index in [2.05, 4.69) is 9.55 Å². The van der Waals surface area contributed by atoms with Crippen LogP contribution in [0.3, 0.4) is 0 Å². The van der Waals surface area contributed by atoms with Gasteiger partial charge < -0.3 is 9.67 Å². The van der Waals surface area contributed by atoms with Gasteiger partial charge in [-0.15, -0.1) is 0 Å². The van der Waals surface area contributed by atoms with Crippen LogP contribution in [0.5, 0.6) is 0 Å². The smallest absolute Gasteiger partial charge is 0.106 e. The molecule has 3 nitrogen and oxygen atoms in total. The zero-order valence-electron chi connectivity index (χ0n) is 10.8. The average molecular weight is 252 g/mol. The van der Waals surface area contributed by atoms with Crippen LogP contribution in [0.15, 0.2) is 54.6 Å². The van der Waals surface area contributed by atoms with Gasteiger partial charge in [-0.1, -0.05) is 42.5 Å². The molecule has 0 radical (unpaired) electrons. The van der Waals surface area contributed by atoms with Gasteiger partial charge in [0.05, 0.1) is 23.7 Å². The normalized spacial score (nSPS) is 12.7. The molecule has 0 aliphatic heterocycles. The van der Waals surface area contributed by atoms with Crippen LogP contribution in [0, 0.1) is 6.92 Å². The molecule has 0 fully saturated rings. The quantitative estimate of drug-likeness (QED) is 0.778. The number of aromatic nitrogens is 2. The van der Waals surface area contributed by atoms with Crippen molar-refractivity contribution in [2.45, 2.75) is 19.6 Å². The molecule has 96 valence electrons. The zero-order valence-corrected chi connectivity index (χ0v) is 10.8. The molecular formula is C16H16N2O. The highest BCUT2D eigenvalue weighted by Crippen LogP contribution is 2.20. The number of para-hydroxylation sites is 2. The minimum atomic E-state index is -0.516. The lowest BCUT2D eigenvalue weighted by molar-refractivity contribution is 0.157. The van der Waals surface area contributed by atoms with E-state index in [-0.39, 0.29) is 0 Å². The molecule has 0 amide bonds. The van der Waals surface area contributed by atoms with E-state index in [9.17, 15) is 5.11 Å². The molecule has 2 aromatic carbocycles. The predicted molar refractivity (Wildman–Crippen MR) is 75.9 cm³/mol. The lowest BCUT2D eigenvalue weighted by Gasteiger charge is -2.13. The molecule has 1 atom stereocenters. The van der Waals surface area contributed by atoms with Crippen molar-refractivity contribution in [2.24, 2.45) is 0 Å². The Balaban J connectivity index is 1.95. The summed E-state index contributed by atoms with van der Waals surface area (Å²) >= 11 is 0. The molecule has 0 saturated carbocycles. The van der Waals surface area contributed by atoms with Gasteiger partial charge in [0.1, 0.15) is 5.82 Å². The minimum Gasteiger partial charge on any atom is -0.387 e. The molecule has 0 saturated heterocycles. The van der Waals surface area contributed by atoms with Crippen LogP contribution >= 0.6 is 0 Å². The first-order chi connectivity index (χ1) is 9.25. The highest BCUT2D eigenvalue weighted by atomic mass is 16.3. The number of aliphatic hydroxyl groups excluding tert-OH is 1. The molecule has 0 unspecified atom stereocenters. The van der Waals surface area contributed by atoms with Crippen molar-refractivity contribution in [3.05, 3.63) is 66.0 Å². The molecule has 1 heterocycles. The highest BCUT2D eigenvalue weighted by molar-refractivity contribution is 5.75. The Bertz CT molecular complexity index is 688. The van der Waals surface area contributed by atoms with Gasteiger partial charge in [-0.3, -0.25) is 0 Å². The Morgan fingerprint density at radius 2 is 1.74 bits per heavy atom. The molecule has 0 spiro atoms. The number of rotatable bonds is 3. The van der Waals surface area contributed by atoms with E-state index in [0.29, 0.717) is 6.54 Å². The lowest BCUT2D eigenvalue weighted by atomic mass is 10.1. The predicted octanol–water partition coefficient (Wildman–Crippen LogP) is 3.08. The van der Waals surface area contributed by atoms with Crippen LogP contribution in [0.2, 0.25) is 0 Å². The van der Waals surface area contributed by atoms with E-state index in [1.165, 1.54) is 0 Å². The van der Waals surface area contributed by atoms with Gasteiger partial charge in [0.15, 0.2) is 0 Å². The fourth-order valence-corrected chi connectivity index (χ4v) is 2.38. The molecule has 3 heteroatoms. The Hall–Kier alpha value is -2.13. The van der Waals surface area contributed by atoms with Gasteiger partial charge in [-0.05, 0) is 24.6 Å². The summed E-state index contributed by atoms with van der Waals surface area (Å²) in [7, 11) is 0. The Morgan fingerprint density at radius 1 is 1.05 bits per heavy atom. The summed E-state index contributed by atoms with van der Waals surface area (Å²) < 4.78 is 2.06. The Morgan fingerprint density at radius 3 is 2.53 bits per heavy atom. The van der Waals surface area contributed by atoms with Gasteiger partial charge in [0, 0.05) is 0 Å². The molecule has 0 bridgehead atoms. The van der Waals surface area contributed by atoms with E-state index in [0.717, 1.165) is 22.4 Å². The minimum absolute atomic E-state index is 0.516. The first-order valence-corrected chi connectivity index (χ1v) is 6.40. The van der Waals surface area contributed by atoms with E-state index >= 15 is 0 Å². The van der Waals surface area contributed by atoms with Crippen molar-refractivity contribution in [3.8, 4) is 0 Å². The van der Waals surface area contributed by atoms with Crippen LogP contribution in [0.25, 0.3) is 11.0 Å². The standard InChI is InChI=1S/C16H16N2O/c1-12-17-14-9-5-6-10-15(14)18(12)11-16(19)13-7-3-2-4-8-13/h2-10,16,19H,11H2,1H3/t16-/m1/s1. The molecule has 3 rings (SSSR count). The Kier molecular flexibility index (Phi) is 3.05. The second kappa shape index (κ2) is 4.86. The number of benzene rings is 2. The third kappa shape index (κ3) is 2.25. The van der Waals surface area contributed by atoms with E-state index < -0.39 is 6.10 Å². The molecule has 0 aliphatic carbocycles. The molecule has 19 heavy (non-hydrogen) atoms. The van der Waals surface area contributed by atoms with Crippen LogP contribution in [0.4, 0.5) is 0 Å². The Labute approximate surface area is 112 Å². The van der Waals surface area contributed by atoms with E-state index in [1.807, 2.05) is 61.5 Å². The number of aryl methyl sites for hydroxylation is 1. The first kappa shape index (κ1) is 11.9. The van der Waals surface area contributed by atoms with Crippen molar-refractivity contribution in [2.75, 3.05) is 0 Å². The number of fused-ring (bicyclic) bond motifs is 1. The fourth-order valence-electron chi connectivity index (χ4n) is 2.38. The molecular weight excluding hydrogens is 236 g/mol. The summed E-state index contributed by atoms with van der Waals surface area (Å²) in [6.45, 7) is 2.49. The SMILES string of the molecule is Cc1nc2ccccc2n1C[C@@H](O)c1ccccc1. The van der Waals surface area contributed by atoms with Crippen LogP contribution in [0.1, 0.15) is 17.5 Å². The van der Waals surface area contributed by atoms with Gasteiger partial charge in [0.25, 0.3) is 0 Å². The monoisotopic (exact) mass is 252 g/mol. The number of imidazole rings is 1. The fraction of sp³-hybridized carbons (Fsp3) is 0.188. The summed E-state index contributed by atoms with van der Waals surface area (Å²) in [5.41, 5.74) is 2.97. The van der Waals surface area contributed by atoms with Gasteiger partial charge in [-0.2, -0.15) is 0 Å². The second-order valence-electron chi connectivity index (χ2n) is 4.68. The highest BCUT2D eigenvalue weighted by Gasteiger charge is 2.12. The van der Waals surface area contributed by atoms with Gasteiger partial charge in [-0.25, -0.2) is 4.98 Å². The first-order valence-electron chi connectivity index (χ1n) is 6.40. The topological polar surface area (TPSA) is 38.0 Å². The van der Waals surface area contributed by atoms with Crippen molar-refractivity contribution in [1.82, 2.24) is 9.55 Å². The van der Waals surface area contributed by atoms with Crippen LogP contribution in [-0.4, -0.2) is 14.7 Å². The summed E-state index contributed by atoms with van der Waals surface area (Å²) in [6, 6.07) is 17.7. The molecule has 0 aliphatic rings. The number of hydrogen-bond acceptors (Lipinski definition) is 2.